The van der Waals surface area contributed by atoms with Crippen LogP contribution in [0.4, 0.5) is 0 Å². The minimum atomic E-state index is -0.168. The molecule has 0 aliphatic heterocycles. The van der Waals surface area contributed by atoms with Gasteiger partial charge in [0.25, 0.3) is 5.91 Å². The van der Waals surface area contributed by atoms with Gasteiger partial charge in [0.15, 0.2) is 11.4 Å². The number of ether oxygens (including phenoxy) is 2. The molecule has 1 aromatic carbocycles. The lowest BCUT2D eigenvalue weighted by atomic mass is 10.2. The maximum Gasteiger partial charge on any atom is 0.283 e. The van der Waals surface area contributed by atoms with Crippen molar-refractivity contribution in [2.24, 2.45) is 7.05 Å². The van der Waals surface area contributed by atoms with Gasteiger partial charge in [0.05, 0.1) is 18.7 Å². The molecule has 0 saturated heterocycles. The highest BCUT2D eigenvalue weighted by molar-refractivity contribution is 6.05. The van der Waals surface area contributed by atoms with E-state index < -0.39 is 0 Å². The van der Waals surface area contributed by atoms with Crippen LogP contribution in [0.2, 0.25) is 0 Å². The van der Waals surface area contributed by atoms with Gasteiger partial charge >= 0.3 is 0 Å². The highest BCUT2D eigenvalue weighted by Crippen LogP contribution is 2.36. The van der Waals surface area contributed by atoms with Crippen molar-refractivity contribution in [3.05, 3.63) is 42.1 Å². The number of carbonyl (C=O) groups excluding carboxylic acids is 1. The van der Waals surface area contributed by atoms with Crippen molar-refractivity contribution in [3.8, 4) is 11.5 Å². The topological polar surface area (TPSA) is 58.3 Å². The van der Waals surface area contributed by atoms with Crippen molar-refractivity contribution in [2.75, 3.05) is 7.11 Å². The Morgan fingerprint density at radius 2 is 2.04 bits per heavy atom. The minimum absolute atomic E-state index is 0.0581. The quantitative estimate of drug-likeness (QED) is 0.738. The number of aromatic nitrogens is 3. The zero-order valence-corrected chi connectivity index (χ0v) is 14.5. The van der Waals surface area contributed by atoms with Gasteiger partial charge in [-0.1, -0.05) is 0 Å². The second kappa shape index (κ2) is 6.03. The van der Waals surface area contributed by atoms with E-state index in [1.807, 2.05) is 43.7 Å². The zero-order valence-electron chi connectivity index (χ0n) is 14.5. The molecule has 0 amide bonds. The maximum absolute atomic E-state index is 13.1. The van der Waals surface area contributed by atoms with Crippen LogP contribution in [0.1, 0.15) is 30.2 Å². The molecule has 6 nitrogen and oxygen atoms in total. The molecule has 126 valence electrons. The van der Waals surface area contributed by atoms with Gasteiger partial charge in [-0.25, -0.2) is 4.98 Å². The Labute approximate surface area is 140 Å². The summed E-state index contributed by atoms with van der Waals surface area (Å²) in [5.41, 5.74) is 1.40. The summed E-state index contributed by atoms with van der Waals surface area (Å²) in [6.07, 6.45) is 3.22. The predicted molar refractivity (Wildman–Crippen MR) is 91.9 cm³/mol. The van der Waals surface area contributed by atoms with Crippen LogP contribution in [-0.2, 0) is 7.05 Å². The van der Waals surface area contributed by atoms with Crippen molar-refractivity contribution in [3.63, 3.8) is 0 Å². The Balaban J connectivity index is 2.27. The number of benzene rings is 1. The van der Waals surface area contributed by atoms with E-state index >= 15 is 0 Å². The lowest BCUT2D eigenvalue weighted by Crippen LogP contribution is -2.18. The van der Waals surface area contributed by atoms with Crippen molar-refractivity contribution in [2.45, 2.75) is 26.9 Å². The summed E-state index contributed by atoms with van der Waals surface area (Å²) < 4.78 is 14.7. The average molecular weight is 327 g/mol. The molecule has 24 heavy (non-hydrogen) atoms. The summed E-state index contributed by atoms with van der Waals surface area (Å²) in [4.78, 5) is 17.2. The standard InChI is InChI=1S/C18H21N3O3/c1-11(2)24-17-14-10-13(23-5)6-7-15(14)20(4)16(17)18(22)21-9-8-19-12(21)3/h6-11H,1-5H3. The monoisotopic (exact) mass is 327 g/mol. The number of nitrogens with zero attached hydrogens (tertiary/aromatic N) is 3. The van der Waals surface area contributed by atoms with Crippen molar-refractivity contribution in [1.29, 1.82) is 0 Å². The fourth-order valence-corrected chi connectivity index (χ4v) is 2.82. The number of imidazole rings is 1. The Hall–Kier alpha value is -2.76. The van der Waals surface area contributed by atoms with Crippen LogP contribution in [-0.4, -0.2) is 33.2 Å². The molecular weight excluding hydrogens is 306 g/mol. The first-order valence-corrected chi connectivity index (χ1v) is 7.81. The van der Waals surface area contributed by atoms with Gasteiger partial charge < -0.3 is 14.0 Å². The minimum Gasteiger partial charge on any atom is -0.497 e. The Morgan fingerprint density at radius 1 is 1.29 bits per heavy atom. The third-order valence-electron chi connectivity index (χ3n) is 3.96. The van der Waals surface area contributed by atoms with Gasteiger partial charge in [0.1, 0.15) is 11.6 Å². The van der Waals surface area contributed by atoms with Crippen molar-refractivity contribution >= 4 is 16.8 Å². The van der Waals surface area contributed by atoms with Gasteiger partial charge in [-0.15, -0.1) is 0 Å². The van der Waals surface area contributed by atoms with Crippen LogP contribution in [0.3, 0.4) is 0 Å². The highest BCUT2D eigenvalue weighted by Gasteiger charge is 2.25. The van der Waals surface area contributed by atoms with Gasteiger partial charge in [-0.05, 0) is 39.0 Å². The van der Waals surface area contributed by atoms with Crippen LogP contribution in [0, 0.1) is 6.92 Å². The Morgan fingerprint density at radius 3 is 2.62 bits per heavy atom. The smallest absolute Gasteiger partial charge is 0.283 e. The van der Waals surface area contributed by atoms with Crippen LogP contribution >= 0.6 is 0 Å². The summed E-state index contributed by atoms with van der Waals surface area (Å²) in [5.74, 6) is 1.76. The van der Waals surface area contributed by atoms with E-state index in [0.29, 0.717) is 17.3 Å². The van der Waals surface area contributed by atoms with E-state index in [2.05, 4.69) is 4.98 Å². The number of rotatable bonds is 4. The fourth-order valence-electron chi connectivity index (χ4n) is 2.82. The molecule has 0 atom stereocenters. The second-order valence-corrected chi connectivity index (χ2v) is 5.94. The third-order valence-corrected chi connectivity index (χ3v) is 3.96. The fraction of sp³-hybridized carbons (Fsp3) is 0.333. The number of carbonyl (C=O) groups is 1. The van der Waals surface area contributed by atoms with E-state index in [1.54, 1.807) is 26.4 Å². The first-order valence-electron chi connectivity index (χ1n) is 7.81. The molecule has 2 heterocycles. The molecule has 3 aromatic rings. The predicted octanol–water partition coefficient (Wildman–Crippen LogP) is 3.17. The first-order chi connectivity index (χ1) is 11.4. The molecule has 3 rings (SSSR count). The van der Waals surface area contributed by atoms with Crippen LogP contribution in [0.5, 0.6) is 11.5 Å². The third kappa shape index (κ3) is 2.54. The van der Waals surface area contributed by atoms with Crippen molar-refractivity contribution in [1.82, 2.24) is 14.1 Å². The van der Waals surface area contributed by atoms with E-state index in [-0.39, 0.29) is 12.0 Å². The molecule has 0 bridgehead atoms. The summed E-state index contributed by atoms with van der Waals surface area (Å²) in [5, 5.41) is 0.853. The molecule has 0 N–H and O–H groups in total. The summed E-state index contributed by atoms with van der Waals surface area (Å²) >= 11 is 0. The van der Waals surface area contributed by atoms with Gasteiger partial charge in [0.2, 0.25) is 0 Å². The number of fused-ring (bicyclic) bond motifs is 1. The van der Waals surface area contributed by atoms with Gasteiger partial charge in [-0.2, -0.15) is 0 Å². The Bertz CT molecular complexity index is 906. The van der Waals surface area contributed by atoms with Crippen LogP contribution in [0.15, 0.2) is 30.6 Å². The summed E-state index contributed by atoms with van der Waals surface area (Å²) in [7, 11) is 3.48. The largest absolute Gasteiger partial charge is 0.497 e. The average Bonchev–Trinajstić information content (AvgIpc) is 3.08. The normalized spacial score (nSPS) is 11.2. The molecule has 0 saturated carbocycles. The summed E-state index contributed by atoms with van der Waals surface area (Å²) in [6.45, 7) is 5.68. The van der Waals surface area contributed by atoms with Gasteiger partial charge in [-0.3, -0.25) is 9.36 Å². The number of hydrogen-bond donors (Lipinski definition) is 0. The molecule has 0 unspecified atom stereocenters. The SMILES string of the molecule is COc1ccc2c(c1)c(OC(C)C)c(C(=O)n1ccnc1C)n2C. The Kier molecular flexibility index (Phi) is 4.05. The maximum atomic E-state index is 13.1. The molecular formula is C18H21N3O3. The lowest BCUT2D eigenvalue weighted by molar-refractivity contribution is 0.0944. The lowest BCUT2D eigenvalue weighted by Gasteiger charge is -2.12. The molecule has 2 aromatic heterocycles. The molecule has 6 heteroatoms. The molecule has 0 fully saturated rings. The zero-order chi connectivity index (χ0) is 17.4. The molecule has 0 radical (unpaired) electrons. The second-order valence-electron chi connectivity index (χ2n) is 5.94. The van der Waals surface area contributed by atoms with E-state index in [0.717, 1.165) is 16.7 Å². The number of hydrogen-bond acceptors (Lipinski definition) is 4. The van der Waals surface area contributed by atoms with E-state index in [4.69, 9.17) is 9.47 Å². The molecule has 0 spiro atoms. The number of methoxy groups -OCH3 is 1. The van der Waals surface area contributed by atoms with Crippen LogP contribution < -0.4 is 9.47 Å². The van der Waals surface area contributed by atoms with E-state index in [1.165, 1.54) is 4.57 Å². The molecule has 0 aliphatic carbocycles. The summed E-state index contributed by atoms with van der Waals surface area (Å²) in [6, 6.07) is 5.70. The highest BCUT2D eigenvalue weighted by atomic mass is 16.5. The number of aryl methyl sites for hydroxylation is 2. The van der Waals surface area contributed by atoms with Gasteiger partial charge in [0, 0.05) is 24.8 Å². The molecule has 0 aliphatic rings. The van der Waals surface area contributed by atoms with E-state index in [9.17, 15) is 4.79 Å². The first kappa shape index (κ1) is 16.1. The van der Waals surface area contributed by atoms with Crippen LogP contribution in [0.25, 0.3) is 10.9 Å². The van der Waals surface area contributed by atoms with Crippen molar-refractivity contribution < 1.29 is 14.3 Å².